The minimum Gasteiger partial charge on any atom is -0.334 e. The number of benzene rings is 3. The lowest BCUT2D eigenvalue weighted by Crippen LogP contribution is -2.30. The molecule has 11 nitrogen and oxygen atoms in total. The fourth-order valence-electron chi connectivity index (χ4n) is 6.84. The van der Waals surface area contributed by atoms with Crippen LogP contribution in [0.2, 0.25) is 0 Å². The minimum absolute atomic E-state index is 0.403. The normalized spacial score (nSPS) is 21.7. The molecule has 0 saturated carbocycles. The molecule has 0 N–H and O–H groups in total. The molecule has 0 aliphatic heterocycles. The van der Waals surface area contributed by atoms with Crippen LogP contribution in [0.3, 0.4) is 0 Å². The molecule has 6 rings (SSSR count). The molecule has 0 radical (unpaired) electrons. The van der Waals surface area contributed by atoms with E-state index in [4.69, 9.17) is 22.0 Å². The zero-order valence-electron chi connectivity index (χ0n) is 27.1. The predicted molar refractivity (Wildman–Crippen MR) is 182 cm³/mol. The highest BCUT2D eigenvalue weighted by Gasteiger charge is 2.31. The van der Waals surface area contributed by atoms with E-state index in [1.54, 1.807) is 0 Å². The molecule has 0 saturated heterocycles. The van der Waals surface area contributed by atoms with Gasteiger partial charge in [0.05, 0.1) is 5.75 Å². The number of ether oxygens (including phenoxy) is 2. The molecule has 3 aliphatic carbocycles. The maximum atomic E-state index is 13.2. The van der Waals surface area contributed by atoms with Crippen LogP contribution in [0.5, 0.6) is 0 Å². The van der Waals surface area contributed by atoms with E-state index in [0.717, 1.165) is 71.9 Å². The molecule has 3 aromatic carbocycles. The van der Waals surface area contributed by atoms with Gasteiger partial charge in [0, 0.05) is 6.42 Å². The fourth-order valence-corrected chi connectivity index (χ4v) is 9.82. The zero-order chi connectivity index (χ0) is 34.5. The first-order chi connectivity index (χ1) is 23.5. The summed E-state index contributed by atoms with van der Waals surface area (Å²) >= 11 is 0. The second-order valence-corrected chi connectivity index (χ2v) is 17.5. The molecule has 0 spiro atoms. The van der Waals surface area contributed by atoms with Crippen LogP contribution < -0.4 is 0 Å². The molecule has 3 unspecified atom stereocenters. The van der Waals surface area contributed by atoms with Gasteiger partial charge in [0.1, 0.15) is 18.3 Å². The molecule has 3 aliphatic rings. The summed E-state index contributed by atoms with van der Waals surface area (Å²) in [6, 6.07) is 22.4. The van der Waals surface area contributed by atoms with Crippen LogP contribution in [0.1, 0.15) is 96.6 Å². The summed E-state index contributed by atoms with van der Waals surface area (Å²) in [6.45, 7) is 0. The van der Waals surface area contributed by atoms with Crippen LogP contribution in [0, 0.1) is 0 Å². The smallest absolute Gasteiger partial charge is 0.292 e. The Balaban J connectivity index is 1.12. The maximum Gasteiger partial charge on any atom is 0.292 e. The lowest BCUT2D eigenvalue weighted by molar-refractivity contribution is -0.120. The van der Waals surface area contributed by atoms with Gasteiger partial charge in [-0.05, 0) is 91.2 Å². The number of hydrogen-bond donors (Lipinski definition) is 0. The molecule has 14 heteroatoms. The highest BCUT2D eigenvalue weighted by atomic mass is 32.2. The van der Waals surface area contributed by atoms with Gasteiger partial charge < -0.3 is 9.47 Å². The van der Waals surface area contributed by atoms with E-state index in [1.807, 2.05) is 72.8 Å². The highest BCUT2D eigenvalue weighted by Crippen LogP contribution is 2.36. The molecule has 49 heavy (non-hydrogen) atoms. The Morgan fingerprint density at radius 3 is 1.24 bits per heavy atom. The lowest BCUT2D eigenvalue weighted by Gasteiger charge is -2.27. The van der Waals surface area contributed by atoms with Gasteiger partial charge in [-0.1, -0.05) is 72.8 Å². The summed E-state index contributed by atoms with van der Waals surface area (Å²) in [5, 5.41) is 0. The van der Waals surface area contributed by atoms with Gasteiger partial charge in [0.25, 0.3) is 30.4 Å². The second-order valence-electron chi connectivity index (χ2n) is 12.7. The molecular formula is C35H42O11S3. The second kappa shape index (κ2) is 15.7. The summed E-state index contributed by atoms with van der Waals surface area (Å²) < 4.78 is 106. The van der Waals surface area contributed by atoms with Crippen molar-refractivity contribution >= 4 is 30.4 Å². The van der Waals surface area contributed by atoms with E-state index in [0.29, 0.717) is 19.3 Å². The van der Waals surface area contributed by atoms with Crippen LogP contribution in [-0.4, -0.2) is 49.2 Å². The average molecular weight is 735 g/mol. The standard InChI is InChI=1S/C35H42O11S3/c36-47(37,44-32-19-7-13-26-10-1-4-16-29(26)32)23-22-35(42-24-48(38,39)45-33-20-8-14-27-11-2-5-17-30(27)33)43-25-49(40,41)46-34-21-9-15-28-12-3-6-18-31(28)34/h1-6,10-12,16-18,32-35H,7-9,13-15,19-25H2. The lowest BCUT2D eigenvalue weighted by atomic mass is 9.90. The van der Waals surface area contributed by atoms with Crippen molar-refractivity contribution in [2.75, 3.05) is 17.6 Å². The molecule has 0 amide bonds. The quantitative estimate of drug-likeness (QED) is 0.135. The molecular weight excluding hydrogens is 693 g/mol. The summed E-state index contributed by atoms with van der Waals surface area (Å²) in [4.78, 5) is 0. The first-order valence-corrected chi connectivity index (χ1v) is 21.4. The van der Waals surface area contributed by atoms with Crippen LogP contribution >= 0.6 is 0 Å². The van der Waals surface area contributed by atoms with Crippen molar-refractivity contribution in [2.24, 2.45) is 0 Å². The average Bonchev–Trinajstić information content (AvgIpc) is 3.08. The first kappa shape index (κ1) is 36.1. The van der Waals surface area contributed by atoms with E-state index >= 15 is 0 Å². The maximum absolute atomic E-state index is 13.2. The molecule has 3 aromatic rings. The molecule has 0 fully saturated rings. The third-order valence-corrected chi connectivity index (χ3v) is 12.3. The monoisotopic (exact) mass is 734 g/mol. The van der Waals surface area contributed by atoms with Crippen molar-refractivity contribution in [3.63, 3.8) is 0 Å². The van der Waals surface area contributed by atoms with Gasteiger partial charge in [0.2, 0.25) is 0 Å². The summed E-state index contributed by atoms with van der Waals surface area (Å²) in [7, 11) is -12.8. The van der Waals surface area contributed by atoms with Crippen molar-refractivity contribution in [3.8, 4) is 0 Å². The zero-order valence-corrected chi connectivity index (χ0v) is 29.6. The SMILES string of the molecule is O=S(=O)(CCC(OCS(=O)(=O)OC1CCCc2ccccc21)OCS(=O)(=O)OC1CCCc2ccccc21)OC1CCCc2ccccc21. The van der Waals surface area contributed by atoms with Gasteiger partial charge in [0.15, 0.2) is 18.2 Å². The van der Waals surface area contributed by atoms with Crippen molar-refractivity contribution in [2.45, 2.75) is 88.8 Å². The third-order valence-electron chi connectivity index (χ3n) is 9.13. The van der Waals surface area contributed by atoms with Crippen LogP contribution in [0.4, 0.5) is 0 Å². The third kappa shape index (κ3) is 9.76. The Morgan fingerprint density at radius 1 is 0.510 bits per heavy atom. The Labute approximate surface area is 289 Å². The Kier molecular flexibility index (Phi) is 11.6. The van der Waals surface area contributed by atoms with Crippen molar-refractivity contribution < 1.29 is 47.3 Å². The van der Waals surface area contributed by atoms with E-state index in [1.165, 1.54) is 0 Å². The van der Waals surface area contributed by atoms with Gasteiger partial charge in [-0.15, -0.1) is 0 Å². The van der Waals surface area contributed by atoms with Gasteiger partial charge in [-0.3, -0.25) is 12.5 Å². The van der Waals surface area contributed by atoms with Gasteiger partial charge in [-0.2, -0.15) is 25.3 Å². The number of rotatable bonds is 15. The number of hydrogen-bond acceptors (Lipinski definition) is 11. The molecule has 0 bridgehead atoms. The van der Waals surface area contributed by atoms with E-state index in [-0.39, 0.29) is 0 Å². The largest absolute Gasteiger partial charge is 0.334 e. The molecule has 0 aromatic heterocycles. The van der Waals surface area contributed by atoms with Crippen molar-refractivity contribution in [3.05, 3.63) is 106 Å². The molecule has 0 heterocycles. The van der Waals surface area contributed by atoms with Crippen molar-refractivity contribution in [1.29, 1.82) is 0 Å². The summed E-state index contributed by atoms with van der Waals surface area (Å²) in [5.41, 5.74) is 5.41. The van der Waals surface area contributed by atoms with Crippen LogP contribution in [-0.2, 0) is 71.6 Å². The summed E-state index contributed by atoms with van der Waals surface area (Å²) in [5.74, 6) is -2.57. The summed E-state index contributed by atoms with van der Waals surface area (Å²) in [6.07, 6.45) is 2.22. The van der Waals surface area contributed by atoms with Gasteiger partial charge in [-0.25, -0.2) is 0 Å². The van der Waals surface area contributed by atoms with E-state index in [2.05, 4.69) is 0 Å². The number of aryl methyl sites for hydroxylation is 3. The van der Waals surface area contributed by atoms with E-state index in [9.17, 15) is 25.3 Å². The number of fused-ring (bicyclic) bond motifs is 3. The molecule has 266 valence electrons. The predicted octanol–water partition coefficient (Wildman–Crippen LogP) is 5.92. The van der Waals surface area contributed by atoms with Crippen LogP contribution in [0.25, 0.3) is 0 Å². The fraction of sp³-hybridized carbons (Fsp3) is 0.486. The Hall–Kier alpha value is -2.69. The minimum atomic E-state index is -4.30. The van der Waals surface area contributed by atoms with E-state index < -0.39 is 79.0 Å². The highest BCUT2D eigenvalue weighted by molar-refractivity contribution is 7.87. The Bertz CT molecular complexity index is 1700. The topological polar surface area (TPSA) is 149 Å². The Morgan fingerprint density at radius 2 is 0.857 bits per heavy atom. The molecule has 3 atom stereocenters. The first-order valence-electron chi connectivity index (χ1n) is 16.7. The van der Waals surface area contributed by atoms with Gasteiger partial charge >= 0.3 is 0 Å². The van der Waals surface area contributed by atoms with Crippen molar-refractivity contribution in [1.82, 2.24) is 0 Å². The van der Waals surface area contributed by atoms with Crippen LogP contribution in [0.15, 0.2) is 72.8 Å².